The topological polar surface area (TPSA) is 47.6 Å². The van der Waals surface area contributed by atoms with Crippen molar-refractivity contribution < 1.29 is 14.3 Å². The van der Waals surface area contributed by atoms with Crippen molar-refractivity contribution in [3.05, 3.63) is 53.1 Å². The van der Waals surface area contributed by atoms with Crippen molar-refractivity contribution in [2.24, 2.45) is 0 Å². The molecule has 0 radical (unpaired) electrons. The quantitative estimate of drug-likeness (QED) is 0.615. The highest BCUT2D eigenvalue weighted by Crippen LogP contribution is 2.41. The summed E-state index contributed by atoms with van der Waals surface area (Å²) in [6.07, 6.45) is 1.43. The molecule has 0 fully saturated rings. The van der Waals surface area contributed by atoms with Crippen molar-refractivity contribution in [3.8, 4) is 11.5 Å². The minimum absolute atomic E-state index is 0.0268. The largest absolute Gasteiger partial charge is 0.497 e. The number of hydrogen-bond acceptors (Lipinski definition) is 4. The lowest BCUT2D eigenvalue weighted by Gasteiger charge is -2.38. The van der Waals surface area contributed by atoms with Crippen molar-refractivity contribution in [1.82, 2.24) is 5.32 Å². The van der Waals surface area contributed by atoms with Crippen LogP contribution in [0.4, 0.5) is 0 Å². The molecule has 2 aromatic carbocycles. The predicted molar refractivity (Wildman–Crippen MR) is 115 cm³/mol. The van der Waals surface area contributed by atoms with E-state index in [0.29, 0.717) is 11.4 Å². The molecule has 0 spiro atoms. The van der Waals surface area contributed by atoms with Crippen LogP contribution in [0.5, 0.6) is 11.5 Å². The van der Waals surface area contributed by atoms with Crippen molar-refractivity contribution in [3.63, 3.8) is 0 Å². The number of nitrogens with one attached hydrogen (secondary N) is 1. The fraction of sp³-hybridized carbons (Fsp3) is 0.409. The van der Waals surface area contributed by atoms with Crippen LogP contribution in [-0.4, -0.2) is 23.9 Å². The molecule has 6 heteroatoms. The van der Waals surface area contributed by atoms with Gasteiger partial charge in [0.1, 0.15) is 17.1 Å². The molecule has 1 N–H and O–H groups in total. The van der Waals surface area contributed by atoms with Gasteiger partial charge in [-0.15, -0.1) is 11.8 Å². The summed E-state index contributed by atoms with van der Waals surface area (Å²) in [5.41, 5.74) is 0.600. The van der Waals surface area contributed by atoms with Crippen LogP contribution in [0.15, 0.2) is 47.4 Å². The number of carbonyl (C=O) groups excluding carboxylic acids is 1. The minimum atomic E-state index is -0.357. The molecular weight excluding hydrogens is 394 g/mol. The number of fused-ring (bicyclic) bond motifs is 1. The molecule has 3 rings (SSSR count). The predicted octanol–water partition coefficient (Wildman–Crippen LogP) is 5.64. The number of halogens is 1. The molecule has 4 nitrogen and oxygen atoms in total. The Morgan fingerprint density at radius 3 is 2.68 bits per heavy atom. The zero-order valence-corrected chi connectivity index (χ0v) is 18.2. The van der Waals surface area contributed by atoms with Crippen LogP contribution in [0.3, 0.4) is 0 Å². The van der Waals surface area contributed by atoms with Gasteiger partial charge in [-0.25, -0.2) is 0 Å². The van der Waals surface area contributed by atoms with Crippen LogP contribution in [-0.2, 0) is 4.79 Å². The van der Waals surface area contributed by atoms with Crippen molar-refractivity contribution in [2.75, 3.05) is 7.11 Å². The van der Waals surface area contributed by atoms with Gasteiger partial charge in [-0.05, 0) is 62.7 Å². The molecular formula is C22H26ClNO3S. The zero-order chi connectivity index (χ0) is 20.3. The molecule has 2 atom stereocenters. The molecule has 28 heavy (non-hydrogen) atoms. The maximum Gasteiger partial charge on any atom is 0.233 e. The number of amides is 1. The molecule has 1 amide bonds. The van der Waals surface area contributed by atoms with E-state index in [1.54, 1.807) is 18.9 Å². The molecule has 2 aromatic rings. The first-order valence-corrected chi connectivity index (χ1v) is 10.7. The summed E-state index contributed by atoms with van der Waals surface area (Å²) in [5, 5.41) is 3.76. The first-order valence-electron chi connectivity index (χ1n) is 9.41. The number of ether oxygens (including phenoxy) is 2. The van der Waals surface area contributed by atoms with Crippen molar-refractivity contribution in [2.45, 2.75) is 55.4 Å². The highest BCUT2D eigenvalue weighted by atomic mass is 35.5. The number of benzene rings is 2. The van der Waals surface area contributed by atoms with E-state index in [0.717, 1.165) is 28.4 Å². The molecule has 0 aliphatic carbocycles. The van der Waals surface area contributed by atoms with Gasteiger partial charge in [-0.3, -0.25) is 4.79 Å². The van der Waals surface area contributed by atoms with Gasteiger partial charge in [-0.1, -0.05) is 18.5 Å². The summed E-state index contributed by atoms with van der Waals surface area (Å²) >= 11 is 7.52. The summed E-state index contributed by atoms with van der Waals surface area (Å²) < 4.78 is 11.5. The Bertz CT molecular complexity index is 838. The number of thioether (sulfide) groups is 1. The van der Waals surface area contributed by atoms with E-state index in [9.17, 15) is 4.79 Å². The van der Waals surface area contributed by atoms with Crippen LogP contribution in [0.25, 0.3) is 0 Å². The fourth-order valence-corrected chi connectivity index (χ4v) is 4.44. The Balaban J connectivity index is 1.79. The third kappa shape index (κ3) is 4.95. The van der Waals surface area contributed by atoms with Gasteiger partial charge in [0.15, 0.2) is 0 Å². The fourth-order valence-electron chi connectivity index (χ4n) is 3.35. The van der Waals surface area contributed by atoms with Gasteiger partial charge in [-0.2, -0.15) is 0 Å². The van der Waals surface area contributed by atoms with Gasteiger partial charge in [0.05, 0.1) is 18.4 Å². The molecule has 0 saturated heterocycles. The number of hydrogen-bond donors (Lipinski definition) is 1. The Hall–Kier alpha value is -1.85. The Kier molecular flexibility index (Phi) is 6.46. The van der Waals surface area contributed by atoms with Gasteiger partial charge in [0.25, 0.3) is 0 Å². The lowest BCUT2D eigenvalue weighted by atomic mass is 9.89. The summed E-state index contributed by atoms with van der Waals surface area (Å²) in [7, 11) is 1.64. The lowest BCUT2D eigenvalue weighted by Crippen LogP contribution is -2.43. The molecule has 1 aliphatic heterocycles. The highest BCUT2D eigenvalue weighted by molar-refractivity contribution is 8.00. The highest BCUT2D eigenvalue weighted by Gasteiger charge is 2.35. The summed E-state index contributed by atoms with van der Waals surface area (Å²) in [4.78, 5) is 14.1. The smallest absolute Gasteiger partial charge is 0.233 e. The normalized spacial score (nSPS) is 18.5. The Morgan fingerprint density at radius 1 is 1.32 bits per heavy atom. The van der Waals surface area contributed by atoms with E-state index in [1.807, 2.05) is 63.2 Å². The molecule has 0 aromatic heterocycles. The van der Waals surface area contributed by atoms with Gasteiger partial charge in [0.2, 0.25) is 5.91 Å². The average Bonchev–Trinajstić information content (AvgIpc) is 2.66. The standard InChI is InChI=1S/C22H26ClNO3S/c1-5-20(28-16-9-6-14(23)7-10-16)21(25)24-18-13-22(2,3)27-19-11-8-15(26-4)12-17(18)19/h6-12,18,20H,5,13H2,1-4H3,(H,24,25)/t18-,20+/m0/s1. The van der Waals surface area contributed by atoms with Crippen LogP contribution in [0, 0.1) is 0 Å². The Morgan fingerprint density at radius 2 is 2.04 bits per heavy atom. The van der Waals surface area contributed by atoms with Crippen LogP contribution in [0.1, 0.15) is 45.2 Å². The van der Waals surface area contributed by atoms with E-state index in [4.69, 9.17) is 21.1 Å². The first kappa shape index (κ1) is 20.9. The summed E-state index contributed by atoms with van der Waals surface area (Å²) in [6.45, 7) is 6.11. The van der Waals surface area contributed by atoms with Crippen LogP contribution < -0.4 is 14.8 Å². The monoisotopic (exact) mass is 419 g/mol. The van der Waals surface area contributed by atoms with E-state index in [1.165, 1.54) is 0 Å². The van der Waals surface area contributed by atoms with Gasteiger partial charge >= 0.3 is 0 Å². The van der Waals surface area contributed by atoms with E-state index in [-0.39, 0.29) is 22.8 Å². The van der Waals surface area contributed by atoms with E-state index >= 15 is 0 Å². The van der Waals surface area contributed by atoms with Crippen LogP contribution >= 0.6 is 23.4 Å². The van der Waals surface area contributed by atoms with Gasteiger partial charge in [0, 0.05) is 21.9 Å². The maximum absolute atomic E-state index is 13.1. The maximum atomic E-state index is 13.1. The third-order valence-electron chi connectivity index (χ3n) is 4.75. The third-order valence-corrected chi connectivity index (χ3v) is 6.37. The minimum Gasteiger partial charge on any atom is -0.497 e. The van der Waals surface area contributed by atoms with E-state index < -0.39 is 0 Å². The number of carbonyl (C=O) groups is 1. The second-order valence-corrected chi connectivity index (χ2v) is 9.21. The SMILES string of the molecule is CC[C@@H](Sc1ccc(Cl)cc1)C(=O)N[C@H]1CC(C)(C)Oc2ccc(OC)cc21. The molecule has 0 unspecified atom stereocenters. The van der Waals surface area contributed by atoms with Crippen LogP contribution in [0.2, 0.25) is 5.02 Å². The molecule has 0 saturated carbocycles. The van der Waals surface area contributed by atoms with Crippen molar-refractivity contribution in [1.29, 1.82) is 0 Å². The average molecular weight is 420 g/mol. The Labute approximate surface area is 175 Å². The number of methoxy groups -OCH3 is 1. The second kappa shape index (κ2) is 8.66. The molecule has 1 aliphatic rings. The van der Waals surface area contributed by atoms with E-state index in [2.05, 4.69) is 5.32 Å². The van der Waals surface area contributed by atoms with Gasteiger partial charge < -0.3 is 14.8 Å². The number of rotatable bonds is 6. The molecule has 0 bridgehead atoms. The second-order valence-electron chi connectivity index (χ2n) is 7.50. The molecule has 1 heterocycles. The molecule has 150 valence electrons. The van der Waals surface area contributed by atoms with Crippen molar-refractivity contribution >= 4 is 29.3 Å². The summed E-state index contributed by atoms with van der Waals surface area (Å²) in [6, 6.07) is 13.2. The lowest BCUT2D eigenvalue weighted by molar-refractivity contribution is -0.121. The summed E-state index contributed by atoms with van der Waals surface area (Å²) in [5.74, 6) is 1.57. The zero-order valence-electron chi connectivity index (χ0n) is 16.6. The first-order chi connectivity index (χ1) is 13.3.